The SMILES string of the molecule is C#CCNc1nc(Nc2ccc(S(N)(=O)=O)cc2)ncc1F. The highest BCUT2D eigenvalue weighted by Gasteiger charge is 2.09. The third-order valence-electron chi connectivity index (χ3n) is 2.54. The summed E-state index contributed by atoms with van der Waals surface area (Å²) in [5.41, 5.74) is 0.516. The first kappa shape index (κ1) is 15.7. The van der Waals surface area contributed by atoms with Crippen LogP contribution in [0.3, 0.4) is 0 Å². The van der Waals surface area contributed by atoms with E-state index in [1.807, 2.05) is 0 Å². The zero-order chi connectivity index (χ0) is 16.2. The fraction of sp³-hybridized carbons (Fsp3) is 0.0769. The third-order valence-corrected chi connectivity index (χ3v) is 3.47. The molecule has 9 heteroatoms. The van der Waals surface area contributed by atoms with Gasteiger partial charge in [-0.15, -0.1) is 6.42 Å². The quantitative estimate of drug-likeness (QED) is 0.710. The molecule has 7 nitrogen and oxygen atoms in total. The number of halogens is 1. The Kier molecular flexibility index (Phi) is 4.55. The van der Waals surface area contributed by atoms with Gasteiger partial charge in [-0.3, -0.25) is 0 Å². The van der Waals surface area contributed by atoms with Crippen LogP contribution < -0.4 is 15.8 Å². The van der Waals surface area contributed by atoms with Gasteiger partial charge in [0, 0.05) is 5.69 Å². The zero-order valence-electron chi connectivity index (χ0n) is 11.2. The van der Waals surface area contributed by atoms with Crippen LogP contribution in [0, 0.1) is 18.2 Å². The molecule has 0 amide bonds. The summed E-state index contributed by atoms with van der Waals surface area (Å²) in [7, 11) is -3.75. The highest BCUT2D eigenvalue weighted by Crippen LogP contribution is 2.18. The lowest BCUT2D eigenvalue weighted by molar-refractivity contribution is 0.598. The molecule has 0 unspecified atom stereocenters. The highest BCUT2D eigenvalue weighted by molar-refractivity contribution is 7.89. The van der Waals surface area contributed by atoms with Crippen molar-refractivity contribution in [1.29, 1.82) is 0 Å². The molecule has 0 spiro atoms. The lowest BCUT2D eigenvalue weighted by Crippen LogP contribution is -2.12. The van der Waals surface area contributed by atoms with Crippen molar-refractivity contribution in [3.63, 3.8) is 0 Å². The Morgan fingerprint density at radius 3 is 2.59 bits per heavy atom. The van der Waals surface area contributed by atoms with Crippen molar-refractivity contribution in [2.45, 2.75) is 4.90 Å². The Morgan fingerprint density at radius 1 is 1.32 bits per heavy atom. The molecular weight excluding hydrogens is 309 g/mol. The van der Waals surface area contributed by atoms with Crippen LogP contribution in [0.25, 0.3) is 0 Å². The molecule has 1 aromatic carbocycles. The summed E-state index contributed by atoms with van der Waals surface area (Å²) in [6.45, 7) is 0.121. The molecule has 2 rings (SSSR count). The number of aromatic nitrogens is 2. The summed E-state index contributed by atoms with van der Waals surface area (Å²) in [5, 5.41) is 10.4. The van der Waals surface area contributed by atoms with Crippen LogP contribution in [-0.2, 0) is 10.0 Å². The summed E-state index contributed by atoms with van der Waals surface area (Å²) in [6, 6.07) is 5.64. The van der Waals surface area contributed by atoms with Crippen LogP contribution in [0.1, 0.15) is 0 Å². The molecule has 0 aliphatic rings. The van der Waals surface area contributed by atoms with E-state index in [1.165, 1.54) is 24.3 Å². The summed E-state index contributed by atoms with van der Waals surface area (Å²) in [6.07, 6.45) is 6.08. The molecule has 0 bridgehead atoms. The Hall–Kier alpha value is -2.70. The monoisotopic (exact) mass is 321 g/mol. The molecule has 0 radical (unpaired) electrons. The minimum absolute atomic E-state index is 0.0190. The number of rotatable bonds is 5. The summed E-state index contributed by atoms with van der Waals surface area (Å²) in [4.78, 5) is 7.69. The van der Waals surface area contributed by atoms with E-state index in [1.54, 1.807) is 0 Å². The van der Waals surface area contributed by atoms with Gasteiger partial charge in [0.15, 0.2) is 11.6 Å². The Bertz CT molecular complexity index is 815. The number of nitrogens with zero attached hydrogens (tertiary/aromatic N) is 2. The van der Waals surface area contributed by atoms with Crippen LogP contribution in [0.5, 0.6) is 0 Å². The van der Waals surface area contributed by atoms with E-state index in [-0.39, 0.29) is 23.2 Å². The van der Waals surface area contributed by atoms with Gasteiger partial charge < -0.3 is 10.6 Å². The van der Waals surface area contributed by atoms with E-state index in [2.05, 4.69) is 26.5 Å². The molecular formula is C13H12FN5O2S. The number of terminal acetylenes is 1. The molecule has 4 N–H and O–H groups in total. The number of nitrogens with two attached hydrogens (primary N) is 1. The normalized spacial score (nSPS) is 10.8. The average Bonchev–Trinajstić information content (AvgIpc) is 2.47. The van der Waals surface area contributed by atoms with Gasteiger partial charge in [0.2, 0.25) is 16.0 Å². The van der Waals surface area contributed by atoms with Gasteiger partial charge in [-0.1, -0.05) is 5.92 Å². The number of nitrogens with one attached hydrogen (secondary N) is 2. The lowest BCUT2D eigenvalue weighted by Gasteiger charge is -2.08. The first-order chi connectivity index (χ1) is 10.4. The maximum absolute atomic E-state index is 13.5. The standard InChI is InChI=1S/C13H12FN5O2S/c1-2-7-16-12-11(14)8-17-13(19-12)18-9-3-5-10(6-4-9)22(15,20)21/h1,3-6,8H,7H2,(H2,15,20,21)(H2,16,17,18,19). The molecule has 0 aliphatic heterocycles. The predicted molar refractivity (Wildman–Crippen MR) is 80.4 cm³/mol. The largest absolute Gasteiger partial charge is 0.357 e. The number of hydrogen-bond donors (Lipinski definition) is 3. The van der Waals surface area contributed by atoms with E-state index >= 15 is 0 Å². The fourth-order valence-corrected chi connectivity index (χ4v) is 2.06. The van der Waals surface area contributed by atoms with E-state index in [4.69, 9.17) is 11.6 Å². The molecule has 114 valence electrons. The van der Waals surface area contributed by atoms with E-state index in [9.17, 15) is 12.8 Å². The summed E-state index contributed by atoms with van der Waals surface area (Å²) in [5.74, 6) is 1.77. The molecule has 0 saturated carbocycles. The van der Waals surface area contributed by atoms with Crippen LogP contribution in [0.4, 0.5) is 21.8 Å². The molecule has 22 heavy (non-hydrogen) atoms. The van der Waals surface area contributed by atoms with Crippen molar-refractivity contribution >= 4 is 27.5 Å². The van der Waals surface area contributed by atoms with Crippen LogP contribution in [0.2, 0.25) is 0 Å². The van der Waals surface area contributed by atoms with Crippen molar-refractivity contribution in [2.75, 3.05) is 17.2 Å². The number of sulfonamides is 1. The van der Waals surface area contributed by atoms with Gasteiger partial charge >= 0.3 is 0 Å². The predicted octanol–water partition coefficient (Wildman–Crippen LogP) is 1.05. The Balaban J connectivity index is 2.19. The van der Waals surface area contributed by atoms with E-state index < -0.39 is 15.8 Å². The number of primary sulfonamides is 1. The molecule has 0 saturated heterocycles. The van der Waals surface area contributed by atoms with Gasteiger partial charge in [0.05, 0.1) is 17.6 Å². The molecule has 0 aliphatic carbocycles. The smallest absolute Gasteiger partial charge is 0.238 e. The average molecular weight is 321 g/mol. The Morgan fingerprint density at radius 2 is 2.00 bits per heavy atom. The second-order valence-electron chi connectivity index (χ2n) is 4.14. The lowest BCUT2D eigenvalue weighted by atomic mass is 10.3. The topological polar surface area (TPSA) is 110 Å². The molecule has 1 heterocycles. The van der Waals surface area contributed by atoms with Gasteiger partial charge in [-0.25, -0.2) is 22.9 Å². The maximum Gasteiger partial charge on any atom is 0.238 e. The summed E-state index contributed by atoms with van der Waals surface area (Å²) >= 11 is 0. The van der Waals surface area contributed by atoms with Gasteiger partial charge in [0.1, 0.15) is 0 Å². The van der Waals surface area contributed by atoms with Crippen molar-refractivity contribution < 1.29 is 12.8 Å². The van der Waals surface area contributed by atoms with Gasteiger partial charge in [-0.2, -0.15) is 4.98 Å². The highest BCUT2D eigenvalue weighted by atomic mass is 32.2. The van der Waals surface area contributed by atoms with Crippen molar-refractivity contribution in [1.82, 2.24) is 9.97 Å². The van der Waals surface area contributed by atoms with Crippen LogP contribution in [0.15, 0.2) is 35.4 Å². The van der Waals surface area contributed by atoms with E-state index in [0.29, 0.717) is 5.69 Å². The third kappa shape index (κ3) is 3.91. The number of hydrogen-bond acceptors (Lipinski definition) is 6. The molecule has 2 aromatic rings. The first-order valence-corrected chi connectivity index (χ1v) is 7.54. The van der Waals surface area contributed by atoms with Crippen molar-refractivity contribution in [3.8, 4) is 12.3 Å². The van der Waals surface area contributed by atoms with Crippen molar-refractivity contribution in [3.05, 3.63) is 36.3 Å². The number of benzene rings is 1. The summed E-state index contributed by atoms with van der Waals surface area (Å²) < 4.78 is 35.8. The fourth-order valence-electron chi connectivity index (χ4n) is 1.54. The zero-order valence-corrected chi connectivity index (χ0v) is 12.1. The van der Waals surface area contributed by atoms with Gasteiger partial charge in [0.25, 0.3) is 0 Å². The molecule has 0 atom stereocenters. The van der Waals surface area contributed by atoms with Crippen molar-refractivity contribution in [2.24, 2.45) is 5.14 Å². The second kappa shape index (κ2) is 6.38. The number of anilines is 3. The first-order valence-electron chi connectivity index (χ1n) is 6.00. The minimum Gasteiger partial charge on any atom is -0.357 e. The Labute approximate surface area is 126 Å². The van der Waals surface area contributed by atoms with Crippen LogP contribution >= 0.6 is 0 Å². The van der Waals surface area contributed by atoms with Crippen LogP contribution in [-0.4, -0.2) is 24.9 Å². The minimum atomic E-state index is -3.75. The molecule has 0 fully saturated rings. The van der Waals surface area contributed by atoms with E-state index in [0.717, 1.165) is 6.20 Å². The molecule has 1 aromatic heterocycles. The maximum atomic E-state index is 13.5. The second-order valence-corrected chi connectivity index (χ2v) is 5.70. The van der Waals surface area contributed by atoms with Gasteiger partial charge in [-0.05, 0) is 24.3 Å².